The van der Waals surface area contributed by atoms with Crippen LogP contribution in [0.3, 0.4) is 0 Å². The van der Waals surface area contributed by atoms with Gasteiger partial charge in [0.2, 0.25) is 0 Å². The summed E-state index contributed by atoms with van der Waals surface area (Å²) in [5.74, 6) is 0. The molecule has 1 aliphatic rings. The summed E-state index contributed by atoms with van der Waals surface area (Å²) in [6.07, 6.45) is 8.55. The van der Waals surface area contributed by atoms with Gasteiger partial charge in [-0.3, -0.25) is 0 Å². The van der Waals surface area contributed by atoms with E-state index in [-0.39, 0.29) is 0 Å². The van der Waals surface area contributed by atoms with Gasteiger partial charge in [0.15, 0.2) is 0 Å². The summed E-state index contributed by atoms with van der Waals surface area (Å²) in [5, 5.41) is 0.367. The number of anilines is 1. The molecular formula is C13H15NS. The molecule has 2 heteroatoms. The normalized spacial score (nSPS) is 20.1. The molecule has 0 spiro atoms. The van der Waals surface area contributed by atoms with Crippen LogP contribution in [0.15, 0.2) is 48.1 Å². The van der Waals surface area contributed by atoms with Crippen molar-refractivity contribution in [2.75, 3.05) is 5.73 Å². The number of rotatable bonds is 2. The summed E-state index contributed by atoms with van der Waals surface area (Å²) in [5.41, 5.74) is 9.15. The lowest BCUT2D eigenvalue weighted by Crippen LogP contribution is -2.00. The van der Waals surface area contributed by atoms with Gasteiger partial charge in [0.1, 0.15) is 0 Å². The average molecular weight is 217 g/mol. The van der Waals surface area contributed by atoms with Gasteiger partial charge in [-0.1, -0.05) is 30.4 Å². The lowest BCUT2D eigenvalue weighted by molar-refractivity contribution is 1.02. The van der Waals surface area contributed by atoms with Gasteiger partial charge in [-0.25, -0.2) is 0 Å². The van der Waals surface area contributed by atoms with Crippen LogP contribution in [0.1, 0.15) is 12.0 Å². The SMILES string of the molecule is Nc1cccc(CC2=CC(S)CC=C2)c1. The molecule has 15 heavy (non-hydrogen) atoms. The Morgan fingerprint density at radius 2 is 2.27 bits per heavy atom. The van der Waals surface area contributed by atoms with E-state index in [1.165, 1.54) is 11.1 Å². The topological polar surface area (TPSA) is 26.0 Å². The number of thiol groups is 1. The largest absolute Gasteiger partial charge is 0.399 e. The van der Waals surface area contributed by atoms with E-state index in [1.54, 1.807) is 0 Å². The molecule has 2 rings (SSSR count). The van der Waals surface area contributed by atoms with E-state index >= 15 is 0 Å². The zero-order chi connectivity index (χ0) is 10.7. The number of allylic oxidation sites excluding steroid dienone is 3. The zero-order valence-electron chi connectivity index (χ0n) is 8.56. The van der Waals surface area contributed by atoms with Crippen molar-refractivity contribution in [1.82, 2.24) is 0 Å². The maximum atomic E-state index is 5.74. The molecular weight excluding hydrogens is 202 g/mol. The first-order chi connectivity index (χ1) is 7.24. The molecule has 0 radical (unpaired) electrons. The van der Waals surface area contributed by atoms with E-state index in [0.717, 1.165) is 18.5 Å². The van der Waals surface area contributed by atoms with E-state index < -0.39 is 0 Å². The summed E-state index contributed by atoms with van der Waals surface area (Å²) < 4.78 is 0. The fourth-order valence-electron chi connectivity index (χ4n) is 1.79. The number of hydrogen-bond donors (Lipinski definition) is 2. The van der Waals surface area contributed by atoms with Crippen molar-refractivity contribution in [2.45, 2.75) is 18.1 Å². The third-order valence-corrected chi connectivity index (χ3v) is 2.84. The molecule has 0 fully saturated rings. The van der Waals surface area contributed by atoms with E-state index in [1.807, 2.05) is 18.2 Å². The lowest BCUT2D eigenvalue weighted by Gasteiger charge is -2.11. The minimum absolute atomic E-state index is 0.367. The van der Waals surface area contributed by atoms with Crippen LogP contribution in [0.25, 0.3) is 0 Å². The van der Waals surface area contributed by atoms with Crippen LogP contribution in [-0.2, 0) is 6.42 Å². The highest BCUT2D eigenvalue weighted by molar-refractivity contribution is 7.81. The smallest absolute Gasteiger partial charge is 0.0316 e. The molecule has 1 unspecified atom stereocenters. The molecule has 1 aromatic rings. The molecule has 0 saturated heterocycles. The molecule has 1 aliphatic carbocycles. The van der Waals surface area contributed by atoms with Crippen molar-refractivity contribution in [1.29, 1.82) is 0 Å². The maximum absolute atomic E-state index is 5.74. The standard InChI is InChI=1S/C13H15NS/c14-12-5-1-3-10(8-12)7-11-4-2-6-13(15)9-11/h1-5,8-9,13,15H,6-7,14H2. The predicted molar refractivity (Wildman–Crippen MR) is 69.2 cm³/mol. The van der Waals surface area contributed by atoms with Gasteiger partial charge in [-0.2, -0.15) is 12.6 Å². The van der Waals surface area contributed by atoms with Crippen molar-refractivity contribution in [2.24, 2.45) is 0 Å². The first-order valence-corrected chi connectivity index (χ1v) is 5.65. The number of nitrogens with two attached hydrogens (primary N) is 1. The molecule has 0 bridgehead atoms. The van der Waals surface area contributed by atoms with Gasteiger partial charge in [0.05, 0.1) is 0 Å². The molecule has 0 amide bonds. The summed E-state index contributed by atoms with van der Waals surface area (Å²) in [7, 11) is 0. The Labute approximate surface area is 96.1 Å². The molecule has 1 aromatic carbocycles. The van der Waals surface area contributed by atoms with Crippen LogP contribution in [0.4, 0.5) is 5.69 Å². The predicted octanol–water partition coefficient (Wildman–Crippen LogP) is 3.00. The number of hydrogen-bond acceptors (Lipinski definition) is 2. The fourth-order valence-corrected chi connectivity index (χ4v) is 2.10. The summed E-state index contributed by atoms with van der Waals surface area (Å²) >= 11 is 4.45. The molecule has 2 N–H and O–H groups in total. The minimum atomic E-state index is 0.367. The van der Waals surface area contributed by atoms with Gasteiger partial charge in [0, 0.05) is 10.9 Å². The molecule has 1 nitrogen and oxygen atoms in total. The minimum Gasteiger partial charge on any atom is -0.399 e. The second kappa shape index (κ2) is 4.58. The van der Waals surface area contributed by atoms with Crippen LogP contribution in [0.5, 0.6) is 0 Å². The van der Waals surface area contributed by atoms with Gasteiger partial charge in [0.25, 0.3) is 0 Å². The maximum Gasteiger partial charge on any atom is 0.0316 e. The van der Waals surface area contributed by atoms with Crippen molar-refractivity contribution < 1.29 is 0 Å². The van der Waals surface area contributed by atoms with Crippen LogP contribution >= 0.6 is 12.6 Å². The Morgan fingerprint density at radius 1 is 1.40 bits per heavy atom. The van der Waals surface area contributed by atoms with E-state index in [9.17, 15) is 0 Å². The average Bonchev–Trinajstić information content (AvgIpc) is 2.17. The molecule has 0 saturated carbocycles. The van der Waals surface area contributed by atoms with Crippen LogP contribution in [0, 0.1) is 0 Å². The first-order valence-electron chi connectivity index (χ1n) is 5.14. The number of nitrogen functional groups attached to an aromatic ring is 1. The second-order valence-electron chi connectivity index (χ2n) is 3.87. The summed E-state index contributed by atoms with van der Waals surface area (Å²) in [6, 6.07) is 8.04. The zero-order valence-corrected chi connectivity index (χ0v) is 9.45. The third-order valence-electron chi connectivity index (χ3n) is 2.48. The molecule has 0 heterocycles. The van der Waals surface area contributed by atoms with Gasteiger partial charge < -0.3 is 5.73 Å². The third kappa shape index (κ3) is 2.90. The molecule has 0 aromatic heterocycles. The second-order valence-corrected chi connectivity index (χ2v) is 4.53. The van der Waals surface area contributed by atoms with Crippen LogP contribution in [-0.4, -0.2) is 5.25 Å². The molecule has 1 atom stereocenters. The van der Waals surface area contributed by atoms with Crippen molar-refractivity contribution >= 4 is 18.3 Å². The monoisotopic (exact) mass is 217 g/mol. The Morgan fingerprint density at radius 3 is 3.00 bits per heavy atom. The van der Waals surface area contributed by atoms with Gasteiger partial charge >= 0.3 is 0 Å². The summed E-state index contributed by atoms with van der Waals surface area (Å²) in [4.78, 5) is 0. The van der Waals surface area contributed by atoms with Gasteiger partial charge in [-0.15, -0.1) is 0 Å². The van der Waals surface area contributed by atoms with Crippen molar-refractivity contribution in [3.05, 3.63) is 53.6 Å². The first kappa shape index (κ1) is 10.4. The number of benzene rings is 1. The Hall–Kier alpha value is -1.15. The van der Waals surface area contributed by atoms with Gasteiger partial charge in [-0.05, 0) is 36.1 Å². The highest BCUT2D eigenvalue weighted by Gasteiger charge is 2.05. The van der Waals surface area contributed by atoms with Crippen molar-refractivity contribution in [3.63, 3.8) is 0 Å². The lowest BCUT2D eigenvalue weighted by atomic mass is 9.99. The quantitative estimate of drug-likeness (QED) is 0.578. The Bertz CT molecular complexity index is 407. The Kier molecular flexibility index (Phi) is 3.17. The van der Waals surface area contributed by atoms with Crippen LogP contribution in [0.2, 0.25) is 0 Å². The molecule has 78 valence electrons. The fraction of sp³-hybridized carbons (Fsp3) is 0.231. The van der Waals surface area contributed by atoms with Crippen LogP contribution < -0.4 is 5.73 Å². The van der Waals surface area contributed by atoms with E-state index in [2.05, 4.69) is 36.9 Å². The highest BCUT2D eigenvalue weighted by atomic mass is 32.1. The molecule has 0 aliphatic heterocycles. The van der Waals surface area contributed by atoms with E-state index in [4.69, 9.17) is 5.73 Å². The highest BCUT2D eigenvalue weighted by Crippen LogP contribution is 2.19. The summed E-state index contributed by atoms with van der Waals surface area (Å²) in [6.45, 7) is 0. The Balaban J connectivity index is 2.12. The van der Waals surface area contributed by atoms with Crippen molar-refractivity contribution in [3.8, 4) is 0 Å². The van der Waals surface area contributed by atoms with E-state index in [0.29, 0.717) is 5.25 Å².